The van der Waals surface area contributed by atoms with Gasteiger partial charge in [0.15, 0.2) is 5.82 Å². The zero-order valence-electron chi connectivity index (χ0n) is 21.2. The van der Waals surface area contributed by atoms with Crippen LogP contribution in [0.25, 0.3) is 22.6 Å². The molecule has 10 heteroatoms. The van der Waals surface area contributed by atoms with Gasteiger partial charge in [-0.1, -0.05) is 19.9 Å². The van der Waals surface area contributed by atoms with Gasteiger partial charge in [0, 0.05) is 18.6 Å². The lowest BCUT2D eigenvalue weighted by molar-refractivity contribution is -0.115. The van der Waals surface area contributed by atoms with Gasteiger partial charge in [-0.15, -0.1) is 5.10 Å². The number of hydrogen-bond acceptors (Lipinski definition) is 8. The molecule has 4 aromatic rings. The highest BCUT2D eigenvalue weighted by molar-refractivity contribution is 5.79. The van der Waals surface area contributed by atoms with Crippen molar-refractivity contribution in [1.29, 1.82) is 0 Å². The lowest BCUT2D eigenvalue weighted by Crippen LogP contribution is -2.38. The molecular formula is C28H25F2N7O. The maximum atomic E-state index is 14.5. The maximum absolute atomic E-state index is 14.5. The summed E-state index contributed by atoms with van der Waals surface area (Å²) in [6.45, 7) is 6.02. The quantitative estimate of drug-likeness (QED) is 0.389. The number of carbonyl (C=O) groups excluding carboxylic acids is 1. The van der Waals surface area contributed by atoms with Crippen LogP contribution in [0.3, 0.4) is 0 Å². The molecular weight excluding hydrogens is 488 g/mol. The minimum absolute atomic E-state index is 0.0171. The van der Waals surface area contributed by atoms with E-state index in [4.69, 9.17) is 4.98 Å². The second kappa shape index (κ2) is 8.68. The van der Waals surface area contributed by atoms with Crippen molar-refractivity contribution in [3.8, 4) is 22.6 Å². The molecule has 0 unspecified atom stereocenters. The minimum Gasteiger partial charge on any atom is -0.347 e. The molecule has 2 aliphatic rings. The van der Waals surface area contributed by atoms with Gasteiger partial charge in [0.1, 0.15) is 17.4 Å². The first kappa shape index (κ1) is 24.1. The fourth-order valence-electron chi connectivity index (χ4n) is 6.23. The minimum atomic E-state index is -0.665. The smallest absolute Gasteiger partial charge is 0.222 e. The van der Waals surface area contributed by atoms with Gasteiger partial charge in [0.05, 0.1) is 40.2 Å². The molecule has 1 saturated carbocycles. The average molecular weight is 514 g/mol. The summed E-state index contributed by atoms with van der Waals surface area (Å²) < 4.78 is 29.0. The Kier molecular flexibility index (Phi) is 5.51. The number of ketones is 1. The average Bonchev–Trinajstić information content (AvgIpc) is 3.28. The van der Waals surface area contributed by atoms with Crippen LogP contribution >= 0.6 is 0 Å². The number of hydrogen-bond donors (Lipinski definition) is 1. The molecule has 1 N–H and O–H groups in total. The predicted molar refractivity (Wildman–Crippen MR) is 136 cm³/mol. The van der Waals surface area contributed by atoms with Gasteiger partial charge < -0.3 is 5.32 Å². The van der Waals surface area contributed by atoms with Gasteiger partial charge in [-0.05, 0) is 60.9 Å². The Labute approximate surface area is 218 Å². The van der Waals surface area contributed by atoms with Gasteiger partial charge in [0.25, 0.3) is 0 Å². The molecule has 2 aliphatic carbocycles. The highest BCUT2D eigenvalue weighted by atomic mass is 19.1. The van der Waals surface area contributed by atoms with Crippen molar-refractivity contribution in [1.82, 2.24) is 30.1 Å². The third kappa shape index (κ3) is 3.50. The molecule has 1 aromatic carbocycles. The van der Waals surface area contributed by atoms with E-state index in [2.05, 4.69) is 44.3 Å². The van der Waals surface area contributed by atoms with Gasteiger partial charge in [-0.2, -0.15) is 5.10 Å². The van der Waals surface area contributed by atoms with Crippen LogP contribution < -0.4 is 5.32 Å². The molecule has 0 aliphatic heterocycles. The number of anilines is 1. The summed E-state index contributed by atoms with van der Waals surface area (Å²) in [5, 5.41) is 11.8. The molecule has 2 atom stereocenters. The maximum Gasteiger partial charge on any atom is 0.222 e. The zero-order valence-corrected chi connectivity index (χ0v) is 21.2. The summed E-state index contributed by atoms with van der Waals surface area (Å²) >= 11 is 0. The normalized spacial score (nSPS) is 20.8. The topological polar surface area (TPSA) is 106 Å². The highest BCUT2D eigenvalue weighted by Crippen LogP contribution is 2.69. The van der Waals surface area contributed by atoms with Crippen molar-refractivity contribution >= 4 is 11.7 Å². The van der Waals surface area contributed by atoms with E-state index in [1.54, 1.807) is 24.7 Å². The molecule has 1 fully saturated rings. The highest BCUT2D eigenvalue weighted by Gasteiger charge is 2.65. The van der Waals surface area contributed by atoms with E-state index >= 15 is 0 Å². The number of Topliss-reactive ketones (excluding diaryl/α,β-unsaturated/α-hetero) is 1. The molecule has 6 rings (SSSR count). The first-order valence-corrected chi connectivity index (χ1v) is 12.4. The molecule has 8 nitrogen and oxygen atoms in total. The van der Waals surface area contributed by atoms with E-state index in [0.29, 0.717) is 17.3 Å². The molecule has 192 valence electrons. The van der Waals surface area contributed by atoms with Crippen molar-refractivity contribution < 1.29 is 13.6 Å². The summed E-state index contributed by atoms with van der Waals surface area (Å²) in [5.74, 6) is -0.393. The van der Waals surface area contributed by atoms with Crippen LogP contribution in [0.4, 0.5) is 14.7 Å². The van der Waals surface area contributed by atoms with E-state index in [1.807, 2.05) is 6.07 Å². The SMILES string of the molecule is CC(=O)CNc1ncc(-c2nccc([C@@]34CC[C@@H](c5cc(-c6c(F)cccc6F)nnc53)C4(C)C)n2)cn1. The Morgan fingerprint density at radius 1 is 1.08 bits per heavy atom. The van der Waals surface area contributed by atoms with Gasteiger partial charge >= 0.3 is 0 Å². The van der Waals surface area contributed by atoms with Crippen LogP contribution in [0, 0.1) is 17.0 Å². The number of rotatable bonds is 6. The third-order valence-corrected chi connectivity index (χ3v) is 8.10. The Morgan fingerprint density at radius 3 is 2.53 bits per heavy atom. The summed E-state index contributed by atoms with van der Waals surface area (Å²) in [6, 6.07) is 7.48. The first-order chi connectivity index (χ1) is 18.2. The number of nitrogens with zero attached hydrogens (tertiary/aromatic N) is 6. The summed E-state index contributed by atoms with van der Waals surface area (Å²) in [4.78, 5) is 29.2. The number of carbonyl (C=O) groups is 1. The fourth-order valence-corrected chi connectivity index (χ4v) is 6.23. The first-order valence-electron chi connectivity index (χ1n) is 12.4. The number of benzene rings is 1. The van der Waals surface area contributed by atoms with E-state index in [9.17, 15) is 13.6 Å². The number of fused-ring (bicyclic) bond motifs is 5. The third-order valence-electron chi connectivity index (χ3n) is 8.10. The van der Waals surface area contributed by atoms with Gasteiger partial charge in [-0.3, -0.25) is 4.79 Å². The van der Waals surface area contributed by atoms with Crippen LogP contribution in [0.1, 0.15) is 56.5 Å². The van der Waals surface area contributed by atoms with Crippen molar-refractivity contribution in [3.05, 3.63) is 77.5 Å². The predicted octanol–water partition coefficient (Wildman–Crippen LogP) is 4.87. The van der Waals surface area contributed by atoms with Crippen molar-refractivity contribution in [2.24, 2.45) is 5.41 Å². The van der Waals surface area contributed by atoms with Crippen LogP contribution in [-0.2, 0) is 10.2 Å². The molecule has 38 heavy (non-hydrogen) atoms. The van der Waals surface area contributed by atoms with Gasteiger partial charge in [-0.25, -0.2) is 28.7 Å². The van der Waals surface area contributed by atoms with Crippen molar-refractivity contribution in [2.75, 3.05) is 11.9 Å². The fraction of sp³-hybridized carbons (Fsp3) is 0.321. The van der Waals surface area contributed by atoms with Crippen LogP contribution in [0.2, 0.25) is 0 Å². The Hall–Kier alpha value is -4.21. The molecule has 2 bridgehead atoms. The number of nitrogens with one attached hydrogen (secondary N) is 1. The number of aromatic nitrogens is 6. The van der Waals surface area contributed by atoms with E-state index in [1.165, 1.54) is 25.1 Å². The standard InChI is InChI=1S/C28H25F2N7O/c1-15(38)12-32-26-33-13-16(14-34-26)25-31-10-8-22(35-25)28-9-7-18(27(28,2)3)17-11-21(36-37-24(17)28)23-19(29)5-4-6-20(23)30/h4-6,8,10-11,13-14,18H,7,9,12H2,1-3H3,(H,32,33,34)/t18-,28-/m0/s1. The Balaban J connectivity index is 1.41. The summed E-state index contributed by atoms with van der Waals surface area (Å²) in [6.07, 6.45) is 6.66. The molecule has 0 spiro atoms. The van der Waals surface area contributed by atoms with Crippen LogP contribution in [0.15, 0.2) is 48.9 Å². The monoisotopic (exact) mass is 513 g/mol. The van der Waals surface area contributed by atoms with Gasteiger partial charge in [0.2, 0.25) is 5.95 Å². The Morgan fingerprint density at radius 2 is 1.82 bits per heavy atom. The summed E-state index contributed by atoms with van der Waals surface area (Å²) in [5.41, 5.74) is 2.43. The molecule has 3 aromatic heterocycles. The van der Waals surface area contributed by atoms with E-state index in [-0.39, 0.29) is 34.9 Å². The molecule has 3 heterocycles. The van der Waals surface area contributed by atoms with E-state index in [0.717, 1.165) is 29.8 Å². The lowest BCUT2D eigenvalue weighted by atomic mass is 9.66. The van der Waals surface area contributed by atoms with Crippen LogP contribution in [0.5, 0.6) is 0 Å². The second-order valence-electron chi connectivity index (χ2n) is 10.5. The lowest BCUT2D eigenvalue weighted by Gasteiger charge is -2.37. The van der Waals surface area contributed by atoms with E-state index < -0.39 is 17.0 Å². The molecule has 0 amide bonds. The number of halogens is 2. The Bertz CT molecular complexity index is 1550. The van der Waals surface area contributed by atoms with Crippen molar-refractivity contribution in [2.45, 2.75) is 44.9 Å². The molecule has 0 saturated heterocycles. The molecule has 0 radical (unpaired) electrons. The second-order valence-corrected chi connectivity index (χ2v) is 10.5. The summed E-state index contributed by atoms with van der Waals surface area (Å²) in [7, 11) is 0. The largest absolute Gasteiger partial charge is 0.347 e. The van der Waals surface area contributed by atoms with Crippen LogP contribution in [-0.4, -0.2) is 42.5 Å². The zero-order chi connectivity index (χ0) is 26.7. The van der Waals surface area contributed by atoms with Crippen molar-refractivity contribution in [3.63, 3.8) is 0 Å².